The maximum atomic E-state index is 12.9. The number of nitrogen functional groups attached to an aromatic ring is 2. The predicted molar refractivity (Wildman–Crippen MR) is 246 cm³/mol. The van der Waals surface area contributed by atoms with Gasteiger partial charge < -0.3 is 30.1 Å². The number of aromatic nitrogens is 6. The third kappa shape index (κ3) is 10.7. The summed E-state index contributed by atoms with van der Waals surface area (Å²) >= 11 is 0. The number of anilines is 2. The fourth-order valence-corrected chi connectivity index (χ4v) is 9.89. The van der Waals surface area contributed by atoms with Crippen molar-refractivity contribution in [1.82, 2.24) is 38.5 Å². The van der Waals surface area contributed by atoms with Gasteiger partial charge in [-0.1, -0.05) is 54.1 Å². The lowest BCUT2D eigenvalue weighted by Gasteiger charge is -2.14. The first-order valence-corrected chi connectivity index (χ1v) is 23.6. The second-order valence-electron chi connectivity index (χ2n) is 15.2. The topological polar surface area (TPSA) is 207 Å². The zero-order chi connectivity index (χ0) is 43.7. The molecule has 15 nitrogen and oxygen atoms in total. The molecule has 0 saturated heterocycles. The summed E-state index contributed by atoms with van der Waals surface area (Å²) in [7, 11) is -1.18. The van der Waals surface area contributed by atoms with E-state index in [9.17, 15) is 12.6 Å². The maximum Gasteiger partial charge on any atom is 0.241 e. The van der Waals surface area contributed by atoms with Crippen molar-refractivity contribution in [2.75, 3.05) is 58.2 Å². The van der Waals surface area contributed by atoms with Crippen molar-refractivity contribution in [2.24, 2.45) is 0 Å². The van der Waals surface area contributed by atoms with Crippen molar-refractivity contribution < 1.29 is 22.1 Å². The van der Waals surface area contributed by atoms with Gasteiger partial charge in [0.15, 0.2) is 11.6 Å². The van der Waals surface area contributed by atoms with Crippen LogP contribution in [0.1, 0.15) is 54.0 Å². The minimum absolute atomic E-state index is 0.361. The zero-order valence-corrected chi connectivity index (χ0v) is 37.6. The number of nitrogens with two attached hydrogens (primary N) is 2. The number of sulfonamides is 1. The third-order valence-electron chi connectivity index (χ3n) is 10.5. The van der Waals surface area contributed by atoms with Crippen molar-refractivity contribution in [3.05, 3.63) is 89.0 Å². The lowest BCUT2D eigenvalue weighted by molar-refractivity contribution is 0.199. The smallest absolute Gasteiger partial charge is 0.241 e. The van der Waals surface area contributed by atoms with Gasteiger partial charge in [-0.05, 0) is 69.7 Å². The van der Waals surface area contributed by atoms with Crippen molar-refractivity contribution in [3.63, 3.8) is 0 Å². The molecule has 3 aromatic carbocycles. The molecule has 0 spiro atoms. The number of ether oxygens (including phenoxy) is 2. The summed E-state index contributed by atoms with van der Waals surface area (Å²) in [6, 6.07) is 19.7. The third-order valence-corrected chi connectivity index (χ3v) is 12.9. The van der Waals surface area contributed by atoms with Crippen LogP contribution in [0.3, 0.4) is 0 Å². The quantitative estimate of drug-likeness (QED) is 0.0688. The van der Waals surface area contributed by atoms with Crippen LogP contribution in [0.4, 0.5) is 11.6 Å². The van der Waals surface area contributed by atoms with Gasteiger partial charge in [0.05, 0.1) is 51.2 Å². The van der Waals surface area contributed by atoms with E-state index < -0.39 is 21.0 Å². The summed E-state index contributed by atoms with van der Waals surface area (Å²) in [5, 5.41) is 2.06. The number of benzene rings is 3. The molecular weight excluding hydrogens is 813 g/mol. The van der Waals surface area contributed by atoms with Gasteiger partial charge in [-0.3, -0.25) is 0 Å². The van der Waals surface area contributed by atoms with Crippen LogP contribution in [0.2, 0.25) is 0 Å². The van der Waals surface area contributed by atoms with E-state index in [0.717, 1.165) is 105 Å². The van der Waals surface area contributed by atoms with E-state index >= 15 is 0 Å². The summed E-state index contributed by atoms with van der Waals surface area (Å²) in [5.74, 6) is 2.71. The Kier molecular flexibility index (Phi) is 15.4. The van der Waals surface area contributed by atoms with E-state index in [1.54, 1.807) is 20.5 Å². The Morgan fingerprint density at radius 3 is 1.61 bits per heavy atom. The second kappa shape index (κ2) is 20.7. The largest absolute Gasteiger partial charge is 0.384 e. The van der Waals surface area contributed by atoms with Gasteiger partial charge in [0.2, 0.25) is 10.0 Å². The number of pyridine rings is 2. The van der Waals surface area contributed by atoms with Gasteiger partial charge in [-0.2, -0.15) is 0 Å². The van der Waals surface area contributed by atoms with E-state index in [1.165, 1.54) is 0 Å². The molecule has 6 N–H and O–H groups in total. The molecule has 61 heavy (non-hydrogen) atoms. The Morgan fingerprint density at radius 1 is 0.689 bits per heavy atom. The second-order valence-corrected chi connectivity index (χ2v) is 18.1. The van der Waals surface area contributed by atoms with Crippen molar-refractivity contribution in [3.8, 4) is 0 Å². The molecule has 0 fully saturated rings. The lowest BCUT2D eigenvalue weighted by atomic mass is 10.1. The minimum atomic E-state index is -3.57. The van der Waals surface area contributed by atoms with Crippen molar-refractivity contribution in [2.45, 2.75) is 77.3 Å². The molecule has 326 valence electrons. The first-order chi connectivity index (χ1) is 29.3. The van der Waals surface area contributed by atoms with Crippen LogP contribution >= 0.6 is 0 Å². The molecule has 0 amide bonds. The summed E-state index contributed by atoms with van der Waals surface area (Å²) in [5.41, 5.74) is 20.2. The van der Waals surface area contributed by atoms with E-state index in [1.807, 2.05) is 75.4 Å². The predicted octanol–water partition coefficient (Wildman–Crippen LogP) is 6.06. The number of imidazole rings is 2. The van der Waals surface area contributed by atoms with E-state index in [0.29, 0.717) is 61.2 Å². The molecular formula is C44H58N10O5S2. The van der Waals surface area contributed by atoms with Crippen molar-refractivity contribution in [1.29, 1.82) is 0 Å². The molecule has 4 heterocycles. The normalized spacial score (nSPS) is 12.4. The molecule has 4 aromatic heterocycles. The van der Waals surface area contributed by atoms with Crippen LogP contribution in [0.25, 0.3) is 43.9 Å². The summed E-state index contributed by atoms with van der Waals surface area (Å²) in [6.07, 6.45) is 6.36. The SMILES string of the molecule is COCCc1nc2c(N)nc3ccccc3c2n1CCCCNS(=O)(=O)c1c(C)cc(C)cc1C.COCCc1nc2c(N)nc3ccccc3c2n1CCCCNS(C)=O. The number of methoxy groups -OCH3 is 2. The average molecular weight is 871 g/mol. The monoisotopic (exact) mass is 870 g/mol. The highest BCUT2D eigenvalue weighted by molar-refractivity contribution is 7.89. The number of hydrogen-bond acceptors (Lipinski definition) is 11. The first-order valence-electron chi connectivity index (χ1n) is 20.5. The van der Waals surface area contributed by atoms with Gasteiger partial charge in [0.25, 0.3) is 0 Å². The highest BCUT2D eigenvalue weighted by atomic mass is 32.2. The molecule has 1 atom stereocenters. The van der Waals surface area contributed by atoms with Crippen LogP contribution in [0.15, 0.2) is 65.6 Å². The number of fused-ring (bicyclic) bond motifs is 6. The van der Waals surface area contributed by atoms with Crippen molar-refractivity contribution >= 4 is 76.5 Å². The van der Waals surface area contributed by atoms with E-state index in [-0.39, 0.29) is 0 Å². The van der Waals surface area contributed by atoms with Crippen LogP contribution in [-0.2, 0) is 56.4 Å². The Balaban J connectivity index is 0.000000213. The number of aryl methyl sites for hydroxylation is 5. The van der Waals surface area contributed by atoms with Gasteiger partial charge in [-0.15, -0.1) is 0 Å². The van der Waals surface area contributed by atoms with Gasteiger partial charge in [0, 0.05) is 70.3 Å². The number of hydrogen-bond donors (Lipinski definition) is 4. The number of nitrogens with one attached hydrogen (secondary N) is 2. The molecule has 0 radical (unpaired) electrons. The Labute approximate surface area is 360 Å². The van der Waals surface area contributed by atoms with Gasteiger partial charge in [0.1, 0.15) is 22.7 Å². The Bertz CT molecular complexity index is 2750. The molecule has 0 bridgehead atoms. The van der Waals surface area contributed by atoms with Crippen LogP contribution in [0.5, 0.6) is 0 Å². The standard InChI is InChI=1S/C26H33N5O3S.C18H25N5O2S/c1-17-15-18(2)25(19(3)16-17)35(32,33)28-12-7-8-13-31-22(11-14-34-4)30-23-24(31)20-9-5-6-10-21(20)29-26(23)27;1-25-12-9-15-22-16-17(23(15)11-6-5-10-20-26(2)24)13-7-3-4-8-14(13)21-18(16)19/h5-6,9-10,15-16,28H,7-8,11-14H2,1-4H3,(H2,27,29);3-4,7-8,20H,5-6,9-12H2,1-2H3,(H2,19,21). The summed E-state index contributed by atoms with van der Waals surface area (Å²) in [4.78, 5) is 18.9. The highest BCUT2D eigenvalue weighted by Crippen LogP contribution is 2.31. The zero-order valence-electron chi connectivity index (χ0n) is 36.0. The Morgan fingerprint density at radius 2 is 1.15 bits per heavy atom. The molecule has 1 unspecified atom stereocenters. The fourth-order valence-electron chi connectivity index (χ4n) is 7.94. The molecule has 17 heteroatoms. The maximum absolute atomic E-state index is 12.9. The van der Waals surface area contributed by atoms with Crippen LogP contribution in [0, 0.1) is 20.8 Å². The van der Waals surface area contributed by atoms with Crippen LogP contribution in [-0.4, -0.2) is 88.5 Å². The minimum Gasteiger partial charge on any atom is -0.384 e. The van der Waals surface area contributed by atoms with E-state index in [4.69, 9.17) is 30.9 Å². The number of para-hydroxylation sites is 2. The fraction of sp³-hybridized carbons (Fsp3) is 0.409. The van der Waals surface area contributed by atoms with Gasteiger partial charge in [-0.25, -0.2) is 42.0 Å². The van der Waals surface area contributed by atoms with E-state index in [2.05, 4.69) is 34.6 Å². The number of rotatable bonds is 19. The molecule has 0 aliphatic carbocycles. The Hall–Kier alpha value is -5.04. The highest BCUT2D eigenvalue weighted by Gasteiger charge is 2.21. The molecule has 7 aromatic rings. The summed E-state index contributed by atoms with van der Waals surface area (Å²) < 4.78 is 57.7. The number of unbranched alkanes of at least 4 members (excludes halogenated alkanes) is 2. The molecule has 0 aliphatic heterocycles. The first kappa shape index (κ1) is 45.5. The molecule has 0 saturated carbocycles. The average Bonchev–Trinajstić information content (AvgIpc) is 3.78. The summed E-state index contributed by atoms with van der Waals surface area (Å²) in [6.45, 7) is 9.39. The van der Waals surface area contributed by atoms with Crippen LogP contribution < -0.4 is 20.9 Å². The van der Waals surface area contributed by atoms with Gasteiger partial charge >= 0.3 is 0 Å². The number of nitrogens with zero attached hydrogens (tertiary/aromatic N) is 6. The molecule has 0 aliphatic rings. The lowest BCUT2D eigenvalue weighted by Crippen LogP contribution is -2.26. The molecule has 7 rings (SSSR count).